The largest absolute Gasteiger partial charge is 0.0654 e. The van der Waals surface area contributed by atoms with E-state index in [1.807, 2.05) is 0 Å². The minimum atomic E-state index is 1.04. The van der Waals surface area contributed by atoms with Crippen LogP contribution in [0.5, 0.6) is 0 Å². The summed E-state index contributed by atoms with van der Waals surface area (Å²) in [6.07, 6.45) is 27.8. The number of unbranched alkanes of at least 4 members (excludes halogenated alkanes) is 13. The molecule has 140 valence electrons. The van der Waals surface area contributed by atoms with E-state index in [0.717, 1.165) is 5.92 Å². The van der Waals surface area contributed by atoms with Gasteiger partial charge in [0.05, 0.1) is 0 Å². The highest BCUT2D eigenvalue weighted by Crippen LogP contribution is 2.24. The number of rotatable bonds is 19. The molecule has 0 nitrogen and oxygen atoms in total. The molecule has 1 atom stereocenters. The molecule has 0 aliphatic rings. The summed E-state index contributed by atoms with van der Waals surface area (Å²) in [5.74, 6) is 1.04. The van der Waals surface area contributed by atoms with E-state index in [1.165, 1.54) is 122 Å². The first-order valence-corrected chi connectivity index (χ1v) is 11.3. The van der Waals surface area contributed by atoms with Gasteiger partial charge in [0.25, 0.3) is 0 Å². The van der Waals surface area contributed by atoms with Gasteiger partial charge in [-0.15, -0.1) is 0 Å². The summed E-state index contributed by atoms with van der Waals surface area (Å²) in [5.41, 5.74) is 0. The third-order valence-corrected chi connectivity index (χ3v) is 5.40. The summed E-state index contributed by atoms with van der Waals surface area (Å²) < 4.78 is 0. The Morgan fingerprint density at radius 3 is 1.04 bits per heavy atom. The maximum Gasteiger partial charge on any atom is -0.0414 e. The summed E-state index contributed by atoms with van der Waals surface area (Å²) in [6, 6.07) is 0. The van der Waals surface area contributed by atoms with Gasteiger partial charge in [0.1, 0.15) is 0 Å². The Kier molecular flexibility index (Phi) is 20.0. The highest BCUT2D eigenvalue weighted by Gasteiger charge is 2.08. The van der Waals surface area contributed by atoms with Crippen LogP contribution in [0, 0.1) is 5.92 Å². The lowest BCUT2D eigenvalue weighted by atomic mass is 9.90. The van der Waals surface area contributed by atoms with E-state index in [1.54, 1.807) is 0 Å². The van der Waals surface area contributed by atoms with E-state index >= 15 is 0 Å². The molecule has 0 saturated heterocycles. The molecule has 0 bridgehead atoms. The standard InChI is InChI=1S/C23H48/c1-4-7-10-12-13-14-15-16-19-22-23(20-17-9-6-3)21-18-11-8-5-2/h23H,4-22H2,1-3H3. The lowest BCUT2D eigenvalue weighted by molar-refractivity contribution is 0.368. The van der Waals surface area contributed by atoms with Crippen LogP contribution < -0.4 is 0 Å². The Balaban J connectivity index is 3.56. The molecule has 0 aliphatic heterocycles. The highest BCUT2D eigenvalue weighted by atomic mass is 14.1. The Bertz CT molecular complexity index is 196. The molecular formula is C23H48. The van der Waals surface area contributed by atoms with E-state index < -0.39 is 0 Å². The summed E-state index contributed by atoms with van der Waals surface area (Å²) in [6.45, 7) is 6.96. The second kappa shape index (κ2) is 20.0. The van der Waals surface area contributed by atoms with Crippen LogP contribution in [0.1, 0.15) is 143 Å². The van der Waals surface area contributed by atoms with Gasteiger partial charge in [-0.05, 0) is 5.92 Å². The van der Waals surface area contributed by atoms with Crippen molar-refractivity contribution in [2.45, 2.75) is 143 Å². The normalized spacial score (nSPS) is 12.7. The van der Waals surface area contributed by atoms with Gasteiger partial charge in [-0.25, -0.2) is 0 Å². The molecule has 0 spiro atoms. The Morgan fingerprint density at radius 1 is 0.348 bits per heavy atom. The Morgan fingerprint density at radius 2 is 0.609 bits per heavy atom. The third-order valence-electron chi connectivity index (χ3n) is 5.40. The molecule has 23 heavy (non-hydrogen) atoms. The van der Waals surface area contributed by atoms with E-state index in [9.17, 15) is 0 Å². The summed E-state index contributed by atoms with van der Waals surface area (Å²) in [4.78, 5) is 0. The van der Waals surface area contributed by atoms with Gasteiger partial charge in [-0.3, -0.25) is 0 Å². The second-order valence-electron chi connectivity index (χ2n) is 7.83. The maximum atomic E-state index is 2.33. The van der Waals surface area contributed by atoms with Crippen molar-refractivity contribution >= 4 is 0 Å². The molecule has 0 rings (SSSR count). The molecule has 0 amide bonds. The maximum absolute atomic E-state index is 2.33. The Hall–Kier alpha value is 0. The van der Waals surface area contributed by atoms with E-state index in [0.29, 0.717) is 0 Å². The van der Waals surface area contributed by atoms with Crippen molar-refractivity contribution in [1.29, 1.82) is 0 Å². The van der Waals surface area contributed by atoms with Crippen molar-refractivity contribution in [3.63, 3.8) is 0 Å². The summed E-state index contributed by atoms with van der Waals surface area (Å²) >= 11 is 0. The summed E-state index contributed by atoms with van der Waals surface area (Å²) in [5, 5.41) is 0. The molecule has 0 heterocycles. The topological polar surface area (TPSA) is 0 Å². The molecule has 0 saturated carbocycles. The fourth-order valence-electron chi connectivity index (χ4n) is 3.72. The summed E-state index contributed by atoms with van der Waals surface area (Å²) in [7, 11) is 0. The molecule has 0 aromatic carbocycles. The molecular weight excluding hydrogens is 276 g/mol. The molecule has 0 N–H and O–H groups in total. The van der Waals surface area contributed by atoms with Crippen molar-refractivity contribution in [2.75, 3.05) is 0 Å². The lowest BCUT2D eigenvalue weighted by Crippen LogP contribution is -2.01. The third kappa shape index (κ3) is 18.2. The van der Waals surface area contributed by atoms with Crippen LogP contribution in [0.25, 0.3) is 0 Å². The first kappa shape index (κ1) is 23.0. The average molecular weight is 325 g/mol. The molecule has 0 radical (unpaired) electrons. The molecule has 0 aromatic heterocycles. The van der Waals surface area contributed by atoms with Crippen molar-refractivity contribution < 1.29 is 0 Å². The van der Waals surface area contributed by atoms with Crippen LogP contribution >= 0.6 is 0 Å². The van der Waals surface area contributed by atoms with Crippen molar-refractivity contribution in [3.8, 4) is 0 Å². The molecule has 1 unspecified atom stereocenters. The SMILES string of the molecule is CCCCCCCCCCCC(CCCCC)CCCCCC. The van der Waals surface area contributed by atoms with Crippen LogP contribution in [0.2, 0.25) is 0 Å². The van der Waals surface area contributed by atoms with Crippen LogP contribution in [0.4, 0.5) is 0 Å². The monoisotopic (exact) mass is 324 g/mol. The van der Waals surface area contributed by atoms with Crippen LogP contribution in [0.15, 0.2) is 0 Å². The molecule has 0 aliphatic carbocycles. The minimum absolute atomic E-state index is 1.04. The van der Waals surface area contributed by atoms with Crippen LogP contribution in [-0.2, 0) is 0 Å². The highest BCUT2D eigenvalue weighted by molar-refractivity contribution is 4.61. The van der Waals surface area contributed by atoms with E-state index in [-0.39, 0.29) is 0 Å². The van der Waals surface area contributed by atoms with Crippen molar-refractivity contribution in [2.24, 2.45) is 5.92 Å². The number of hydrogen-bond donors (Lipinski definition) is 0. The van der Waals surface area contributed by atoms with E-state index in [4.69, 9.17) is 0 Å². The second-order valence-corrected chi connectivity index (χ2v) is 7.83. The van der Waals surface area contributed by atoms with Gasteiger partial charge in [-0.1, -0.05) is 143 Å². The molecule has 0 fully saturated rings. The van der Waals surface area contributed by atoms with Gasteiger partial charge in [0.2, 0.25) is 0 Å². The molecule has 0 aromatic rings. The van der Waals surface area contributed by atoms with Gasteiger partial charge in [0, 0.05) is 0 Å². The quantitative estimate of drug-likeness (QED) is 0.208. The fourth-order valence-corrected chi connectivity index (χ4v) is 3.72. The predicted molar refractivity (Wildman–Crippen MR) is 108 cm³/mol. The van der Waals surface area contributed by atoms with Crippen molar-refractivity contribution in [1.82, 2.24) is 0 Å². The predicted octanol–water partition coefficient (Wildman–Crippen LogP) is 9.07. The molecule has 0 heteroatoms. The lowest BCUT2D eigenvalue weighted by Gasteiger charge is -2.16. The zero-order valence-electron chi connectivity index (χ0n) is 17.0. The van der Waals surface area contributed by atoms with Crippen molar-refractivity contribution in [3.05, 3.63) is 0 Å². The van der Waals surface area contributed by atoms with E-state index in [2.05, 4.69) is 20.8 Å². The first-order chi connectivity index (χ1) is 11.3. The van der Waals surface area contributed by atoms with Gasteiger partial charge >= 0.3 is 0 Å². The van der Waals surface area contributed by atoms with Crippen LogP contribution in [-0.4, -0.2) is 0 Å². The van der Waals surface area contributed by atoms with Gasteiger partial charge < -0.3 is 0 Å². The first-order valence-electron chi connectivity index (χ1n) is 11.3. The Labute approximate surface area is 149 Å². The number of hydrogen-bond acceptors (Lipinski definition) is 0. The minimum Gasteiger partial charge on any atom is -0.0654 e. The smallest absolute Gasteiger partial charge is 0.0414 e. The zero-order chi connectivity index (χ0) is 17.0. The van der Waals surface area contributed by atoms with Crippen LogP contribution in [0.3, 0.4) is 0 Å². The zero-order valence-corrected chi connectivity index (χ0v) is 17.0. The van der Waals surface area contributed by atoms with Gasteiger partial charge in [0.15, 0.2) is 0 Å². The van der Waals surface area contributed by atoms with Gasteiger partial charge in [-0.2, -0.15) is 0 Å². The fraction of sp³-hybridized carbons (Fsp3) is 1.00. The average Bonchev–Trinajstić information content (AvgIpc) is 2.56.